The standard InChI is InChI=1S/C21H26ClN5O2/c1-14(28)23-12-19(29)27-9-5-7-16(13-27)20-18(11-24-21(25-20)26(2)3)15-6-4-8-17(22)10-15/h4,6,8,10-11,16H,5,7,9,12-13H2,1-3H3,(H,23,28). The van der Waals surface area contributed by atoms with E-state index in [2.05, 4.69) is 10.3 Å². The lowest BCUT2D eigenvalue weighted by Crippen LogP contribution is -2.44. The number of rotatable bonds is 5. The normalized spacial score (nSPS) is 16.4. The summed E-state index contributed by atoms with van der Waals surface area (Å²) >= 11 is 6.20. The van der Waals surface area contributed by atoms with Crippen LogP contribution in [0.2, 0.25) is 5.02 Å². The quantitative estimate of drug-likeness (QED) is 0.812. The van der Waals surface area contributed by atoms with Gasteiger partial charge in [-0.05, 0) is 30.5 Å². The van der Waals surface area contributed by atoms with Crippen molar-refractivity contribution in [2.75, 3.05) is 38.6 Å². The van der Waals surface area contributed by atoms with Crippen LogP contribution in [0.15, 0.2) is 30.5 Å². The highest BCUT2D eigenvalue weighted by Gasteiger charge is 2.28. The fourth-order valence-corrected chi connectivity index (χ4v) is 3.72. The predicted octanol–water partition coefficient (Wildman–Crippen LogP) is 2.71. The third-order valence-corrected chi connectivity index (χ3v) is 5.23. The monoisotopic (exact) mass is 415 g/mol. The van der Waals surface area contributed by atoms with Gasteiger partial charge in [-0.2, -0.15) is 0 Å². The number of carbonyl (C=O) groups excluding carboxylic acids is 2. The Morgan fingerprint density at radius 3 is 2.83 bits per heavy atom. The highest BCUT2D eigenvalue weighted by molar-refractivity contribution is 6.30. The lowest BCUT2D eigenvalue weighted by atomic mass is 9.90. The van der Waals surface area contributed by atoms with Crippen LogP contribution >= 0.6 is 11.6 Å². The first-order chi connectivity index (χ1) is 13.8. The summed E-state index contributed by atoms with van der Waals surface area (Å²) in [5.74, 6) is 0.436. The minimum atomic E-state index is -0.207. The molecule has 0 aliphatic carbocycles. The molecule has 1 atom stereocenters. The molecule has 1 saturated heterocycles. The number of amides is 2. The van der Waals surface area contributed by atoms with Crippen molar-refractivity contribution in [2.45, 2.75) is 25.7 Å². The van der Waals surface area contributed by atoms with Gasteiger partial charge in [0.1, 0.15) is 0 Å². The molecule has 0 saturated carbocycles. The van der Waals surface area contributed by atoms with Gasteiger partial charge in [0.2, 0.25) is 17.8 Å². The van der Waals surface area contributed by atoms with Crippen molar-refractivity contribution < 1.29 is 9.59 Å². The SMILES string of the molecule is CC(=O)NCC(=O)N1CCCC(c2nc(N(C)C)ncc2-c2cccc(Cl)c2)C1. The van der Waals surface area contributed by atoms with Gasteiger partial charge in [0.25, 0.3) is 0 Å². The zero-order valence-electron chi connectivity index (χ0n) is 17.0. The molecule has 2 heterocycles. The summed E-state index contributed by atoms with van der Waals surface area (Å²) < 4.78 is 0. The molecule has 3 rings (SSSR count). The van der Waals surface area contributed by atoms with E-state index in [4.69, 9.17) is 16.6 Å². The van der Waals surface area contributed by atoms with E-state index in [1.807, 2.05) is 54.4 Å². The largest absolute Gasteiger partial charge is 0.347 e. The average molecular weight is 416 g/mol. The van der Waals surface area contributed by atoms with Gasteiger partial charge in [-0.15, -0.1) is 0 Å². The molecule has 8 heteroatoms. The zero-order valence-corrected chi connectivity index (χ0v) is 17.7. The number of nitrogens with one attached hydrogen (secondary N) is 1. The van der Waals surface area contributed by atoms with Gasteiger partial charge in [0.05, 0.1) is 12.2 Å². The second-order valence-corrected chi connectivity index (χ2v) is 7.90. The zero-order chi connectivity index (χ0) is 21.0. The Kier molecular flexibility index (Phi) is 6.69. The van der Waals surface area contributed by atoms with Gasteiger partial charge in [0, 0.05) is 56.8 Å². The molecule has 1 aromatic carbocycles. The molecule has 1 aliphatic heterocycles. The molecule has 7 nitrogen and oxygen atoms in total. The van der Waals surface area contributed by atoms with E-state index >= 15 is 0 Å². The number of hydrogen-bond donors (Lipinski definition) is 1. The first-order valence-electron chi connectivity index (χ1n) is 9.67. The summed E-state index contributed by atoms with van der Waals surface area (Å²) in [5, 5.41) is 3.24. The first kappa shape index (κ1) is 21.0. The number of halogens is 1. The second kappa shape index (κ2) is 9.22. The molecule has 0 radical (unpaired) electrons. The molecule has 29 heavy (non-hydrogen) atoms. The van der Waals surface area contributed by atoms with E-state index in [-0.39, 0.29) is 24.3 Å². The lowest BCUT2D eigenvalue weighted by molar-refractivity contribution is -0.133. The molecular weight excluding hydrogens is 390 g/mol. The molecule has 1 aromatic heterocycles. The molecule has 2 aromatic rings. The highest BCUT2D eigenvalue weighted by Crippen LogP contribution is 2.34. The first-order valence-corrected chi connectivity index (χ1v) is 10.1. The van der Waals surface area contributed by atoms with E-state index in [9.17, 15) is 9.59 Å². The molecule has 154 valence electrons. The van der Waals surface area contributed by atoms with E-state index in [0.29, 0.717) is 24.1 Å². The number of piperidine rings is 1. The van der Waals surface area contributed by atoms with Crippen molar-refractivity contribution in [2.24, 2.45) is 0 Å². The predicted molar refractivity (Wildman–Crippen MR) is 114 cm³/mol. The van der Waals surface area contributed by atoms with Gasteiger partial charge in [-0.1, -0.05) is 23.7 Å². The van der Waals surface area contributed by atoms with Gasteiger partial charge < -0.3 is 15.1 Å². The van der Waals surface area contributed by atoms with Crippen LogP contribution in [0.3, 0.4) is 0 Å². The summed E-state index contributed by atoms with van der Waals surface area (Å²) in [7, 11) is 3.81. The Morgan fingerprint density at radius 1 is 1.34 bits per heavy atom. The Bertz CT molecular complexity index is 902. The van der Waals surface area contributed by atoms with Crippen molar-refractivity contribution in [3.05, 3.63) is 41.2 Å². The molecule has 1 unspecified atom stereocenters. The van der Waals surface area contributed by atoms with Crippen molar-refractivity contribution in [3.63, 3.8) is 0 Å². The summed E-state index contributed by atoms with van der Waals surface area (Å²) in [4.78, 5) is 36.6. The number of benzene rings is 1. The Labute approximate surface area is 176 Å². The van der Waals surface area contributed by atoms with E-state index in [1.54, 1.807) is 0 Å². The van der Waals surface area contributed by atoms with E-state index in [0.717, 1.165) is 29.7 Å². The minimum absolute atomic E-state index is 0.0237. The maximum Gasteiger partial charge on any atom is 0.241 e. The van der Waals surface area contributed by atoms with Crippen molar-refractivity contribution in [1.82, 2.24) is 20.2 Å². The molecule has 2 amide bonds. The smallest absolute Gasteiger partial charge is 0.241 e. The van der Waals surface area contributed by atoms with Crippen LogP contribution in [0, 0.1) is 0 Å². The second-order valence-electron chi connectivity index (χ2n) is 7.46. The fourth-order valence-electron chi connectivity index (χ4n) is 3.53. The van der Waals surface area contributed by atoms with Crippen molar-refractivity contribution in [3.8, 4) is 11.1 Å². The van der Waals surface area contributed by atoms with E-state index < -0.39 is 0 Å². The number of nitrogens with zero attached hydrogens (tertiary/aromatic N) is 4. The van der Waals surface area contributed by atoms with Crippen LogP contribution in [-0.4, -0.2) is 60.4 Å². The van der Waals surface area contributed by atoms with Gasteiger partial charge in [0.15, 0.2) is 0 Å². The number of aromatic nitrogens is 2. The summed E-state index contributed by atoms with van der Waals surface area (Å²) in [6.07, 6.45) is 3.65. The molecule has 1 N–H and O–H groups in total. The van der Waals surface area contributed by atoms with Crippen LogP contribution in [0.5, 0.6) is 0 Å². The fraction of sp³-hybridized carbons (Fsp3) is 0.429. The highest BCUT2D eigenvalue weighted by atomic mass is 35.5. The van der Waals surface area contributed by atoms with Crippen LogP contribution in [0.25, 0.3) is 11.1 Å². The minimum Gasteiger partial charge on any atom is -0.347 e. The molecule has 0 bridgehead atoms. The van der Waals surface area contributed by atoms with Crippen LogP contribution in [0.4, 0.5) is 5.95 Å². The third kappa shape index (κ3) is 5.23. The Hall–Kier alpha value is -2.67. The molecule has 1 fully saturated rings. The summed E-state index contributed by atoms with van der Waals surface area (Å²) in [6.45, 7) is 2.69. The summed E-state index contributed by atoms with van der Waals surface area (Å²) in [5.41, 5.74) is 2.81. The number of likely N-dealkylation sites (tertiary alicyclic amines) is 1. The Morgan fingerprint density at radius 2 is 2.14 bits per heavy atom. The van der Waals surface area contributed by atoms with Crippen LogP contribution in [-0.2, 0) is 9.59 Å². The maximum atomic E-state index is 12.5. The molecule has 1 aliphatic rings. The molecule has 0 spiro atoms. The number of anilines is 1. The van der Waals surface area contributed by atoms with Crippen LogP contribution < -0.4 is 10.2 Å². The van der Waals surface area contributed by atoms with Crippen molar-refractivity contribution >= 4 is 29.4 Å². The topological polar surface area (TPSA) is 78.4 Å². The van der Waals surface area contributed by atoms with E-state index in [1.165, 1.54) is 6.92 Å². The van der Waals surface area contributed by atoms with Gasteiger partial charge in [-0.3, -0.25) is 9.59 Å². The lowest BCUT2D eigenvalue weighted by Gasteiger charge is -2.33. The third-order valence-electron chi connectivity index (χ3n) is 4.99. The van der Waals surface area contributed by atoms with Gasteiger partial charge in [-0.25, -0.2) is 9.97 Å². The number of hydrogen-bond acceptors (Lipinski definition) is 5. The Balaban J connectivity index is 1.92. The maximum absolute atomic E-state index is 12.5. The summed E-state index contributed by atoms with van der Waals surface area (Å²) in [6, 6.07) is 7.64. The van der Waals surface area contributed by atoms with Crippen LogP contribution in [0.1, 0.15) is 31.4 Å². The molecular formula is C21H26ClN5O2. The van der Waals surface area contributed by atoms with Crippen molar-refractivity contribution in [1.29, 1.82) is 0 Å². The number of carbonyl (C=O) groups is 2. The average Bonchev–Trinajstić information content (AvgIpc) is 2.71. The van der Waals surface area contributed by atoms with Gasteiger partial charge >= 0.3 is 0 Å².